The zero-order chi connectivity index (χ0) is 21.5. The van der Waals surface area contributed by atoms with Gasteiger partial charge in [-0.2, -0.15) is 0 Å². The van der Waals surface area contributed by atoms with Gasteiger partial charge >= 0.3 is 0 Å². The molecular formula is C24H36N4OS. The fraction of sp³-hybridized carbons (Fsp3) is 0.583. The second kappa shape index (κ2) is 10.9. The van der Waals surface area contributed by atoms with Crippen LogP contribution in [-0.4, -0.2) is 53.1 Å². The highest BCUT2D eigenvalue weighted by molar-refractivity contribution is 7.80. The van der Waals surface area contributed by atoms with Gasteiger partial charge in [0.25, 0.3) is 5.56 Å². The number of aromatic amines is 1. The molecule has 1 fully saturated rings. The van der Waals surface area contributed by atoms with Crippen molar-refractivity contribution in [2.45, 2.75) is 64.5 Å². The second-order valence-corrected chi connectivity index (χ2v) is 9.09. The Hall–Kier alpha value is -1.92. The molecule has 2 N–H and O–H groups in total. The number of rotatable bonds is 8. The summed E-state index contributed by atoms with van der Waals surface area (Å²) in [7, 11) is 4.17. The van der Waals surface area contributed by atoms with Crippen molar-refractivity contribution in [1.82, 2.24) is 20.1 Å². The van der Waals surface area contributed by atoms with Crippen LogP contribution < -0.4 is 10.9 Å². The Kier molecular flexibility index (Phi) is 8.28. The van der Waals surface area contributed by atoms with Gasteiger partial charge in [0.1, 0.15) is 0 Å². The van der Waals surface area contributed by atoms with Crippen LogP contribution in [0.4, 0.5) is 0 Å². The van der Waals surface area contributed by atoms with E-state index in [-0.39, 0.29) is 5.56 Å². The molecule has 0 unspecified atom stereocenters. The SMILES string of the molecule is CCc1ccc2[nH]c(=O)c(CN(C(=S)NCCCN(C)C)C3CCCCC3)cc2c1. The minimum Gasteiger partial charge on any atom is -0.363 e. The summed E-state index contributed by atoms with van der Waals surface area (Å²) in [6, 6.07) is 8.73. The average Bonchev–Trinajstić information content (AvgIpc) is 2.75. The largest absolute Gasteiger partial charge is 0.363 e. The fourth-order valence-electron chi connectivity index (χ4n) is 4.27. The lowest BCUT2D eigenvalue weighted by atomic mass is 9.94. The van der Waals surface area contributed by atoms with E-state index in [0.717, 1.165) is 60.4 Å². The molecule has 1 aliphatic carbocycles. The summed E-state index contributed by atoms with van der Waals surface area (Å²) >= 11 is 5.80. The van der Waals surface area contributed by atoms with Crippen LogP contribution in [0.1, 0.15) is 56.6 Å². The van der Waals surface area contributed by atoms with Crippen molar-refractivity contribution in [3.63, 3.8) is 0 Å². The van der Waals surface area contributed by atoms with Crippen molar-refractivity contribution in [1.29, 1.82) is 0 Å². The van der Waals surface area contributed by atoms with E-state index in [4.69, 9.17) is 12.2 Å². The number of nitrogens with zero attached hydrogens (tertiary/aromatic N) is 2. The number of hydrogen-bond donors (Lipinski definition) is 2. The van der Waals surface area contributed by atoms with E-state index in [0.29, 0.717) is 12.6 Å². The normalized spacial score (nSPS) is 14.9. The Morgan fingerprint density at radius 3 is 2.67 bits per heavy atom. The summed E-state index contributed by atoms with van der Waals surface area (Å²) in [6.07, 6.45) is 8.08. The van der Waals surface area contributed by atoms with Gasteiger partial charge in [0.2, 0.25) is 0 Å². The van der Waals surface area contributed by atoms with E-state index in [1.165, 1.54) is 24.8 Å². The van der Waals surface area contributed by atoms with Crippen LogP contribution in [0.5, 0.6) is 0 Å². The van der Waals surface area contributed by atoms with Gasteiger partial charge in [-0.25, -0.2) is 0 Å². The number of pyridine rings is 1. The van der Waals surface area contributed by atoms with Crippen LogP contribution in [0.15, 0.2) is 29.1 Å². The van der Waals surface area contributed by atoms with Crippen LogP contribution in [0.3, 0.4) is 0 Å². The molecule has 2 aromatic rings. The van der Waals surface area contributed by atoms with Gasteiger partial charge in [0, 0.05) is 23.7 Å². The molecule has 0 bridgehead atoms. The molecule has 1 heterocycles. The molecule has 0 aliphatic heterocycles. The van der Waals surface area contributed by atoms with E-state index in [2.05, 4.69) is 59.3 Å². The lowest BCUT2D eigenvalue weighted by molar-refractivity contribution is 0.234. The van der Waals surface area contributed by atoms with Gasteiger partial charge in [-0.15, -0.1) is 0 Å². The van der Waals surface area contributed by atoms with Crippen LogP contribution in [0, 0.1) is 0 Å². The molecule has 0 spiro atoms. The van der Waals surface area contributed by atoms with E-state index < -0.39 is 0 Å². The van der Waals surface area contributed by atoms with Gasteiger partial charge in [0.05, 0.1) is 6.54 Å². The molecule has 1 aromatic heterocycles. The van der Waals surface area contributed by atoms with Crippen molar-refractivity contribution < 1.29 is 0 Å². The van der Waals surface area contributed by atoms with E-state index in [1.807, 2.05) is 6.07 Å². The van der Waals surface area contributed by atoms with Gasteiger partial charge in [-0.3, -0.25) is 4.79 Å². The number of benzene rings is 1. The van der Waals surface area contributed by atoms with Crippen molar-refractivity contribution in [3.05, 3.63) is 45.7 Å². The summed E-state index contributed by atoms with van der Waals surface area (Å²) in [4.78, 5) is 20.3. The molecule has 0 saturated heterocycles. The molecule has 5 nitrogen and oxygen atoms in total. The molecule has 30 heavy (non-hydrogen) atoms. The smallest absolute Gasteiger partial charge is 0.253 e. The third-order valence-corrected chi connectivity index (χ3v) is 6.45. The quantitative estimate of drug-likeness (QED) is 0.491. The lowest BCUT2D eigenvalue weighted by Gasteiger charge is -2.36. The molecule has 6 heteroatoms. The summed E-state index contributed by atoms with van der Waals surface area (Å²) < 4.78 is 0. The first-order chi connectivity index (χ1) is 14.5. The van der Waals surface area contributed by atoms with Crippen molar-refractivity contribution in [3.8, 4) is 0 Å². The minimum absolute atomic E-state index is 0.0111. The van der Waals surface area contributed by atoms with Crippen molar-refractivity contribution in [2.75, 3.05) is 27.2 Å². The van der Waals surface area contributed by atoms with E-state index >= 15 is 0 Å². The number of aromatic nitrogens is 1. The summed E-state index contributed by atoms with van der Waals surface area (Å²) in [5, 5.41) is 5.32. The predicted molar refractivity (Wildman–Crippen MR) is 130 cm³/mol. The maximum atomic E-state index is 12.8. The van der Waals surface area contributed by atoms with Gasteiger partial charge in [-0.1, -0.05) is 32.3 Å². The highest BCUT2D eigenvalue weighted by Gasteiger charge is 2.24. The van der Waals surface area contributed by atoms with Crippen molar-refractivity contribution in [2.24, 2.45) is 0 Å². The topological polar surface area (TPSA) is 51.4 Å². The minimum atomic E-state index is -0.0111. The summed E-state index contributed by atoms with van der Waals surface area (Å²) in [5.74, 6) is 0. The Bertz CT molecular complexity index is 902. The van der Waals surface area contributed by atoms with Crippen LogP contribution in [0.2, 0.25) is 0 Å². The third-order valence-electron chi connectivity index (χ3n) is 6.07. The van der Waals surface area contributed by atoms with Crippen molar-refractivity contribution >= 4 is 28.2 Å². The third kappa shape index (κ3) is 6.05. The number of thiocarbonyl (C=S) groups is 1. The Morgan fingerprint density at radius 2 is 1.97 bits per heavy atom. The average molecular weight is 429 g/mol. The van der Waals surface area contributed by atoms with Crippen LogP contribution in [-0.2, 0) is 13.0 Å². The summed E-state index contributed by atoms with van der Waals surface area (Å²) in [6.45, 7) is 4.60. The molecule has 1 aliphatic rings. The molecule has 1 aromatic carbocycles. The first-order valence-corrected chi connectivity index (χ1v) is 11.7. The van der Waals surface area contributed by atoms with Gasteiger partial charge < -0.3 is 20.1 Å². The van der Waals surface area contributed by atoms with Gasteiger partial charge in [-0.05, 0) is 87.7 Å². The zero-order valence-corrected chi connectivity index (χ0v) is 19.5. The Morgan fingerprint density at radius 1 is 1.20 bits per heavy atom. The van der Waals surface area contributed by atoms with Crippen LogP contribution in [0.25, 0.3) is 10.9 Å². The predicted octanol–water partition coefficient (Wildman–Crippen LogP) is 4.05. The first kappa shape index (κ1) is 22.8. The maximum Gasteiger partial charge on any atom is 0.253 e. The number of aryl methyl sites for hydroxylation is 1. The highest BCUT2D eigenvalue weighted by atomic mass is 32.1. The summed E-state index contributed by atoms with van der Waals surface area (Å²) in [5.41, 5.74) is 2.96. The van der Waals surface area contributed by atoms with E-state index in [1.54, 1.807) is 0 Å². The highest BCUT2D eigenvalue weighted by Crippen LogP contribution is 2.24. The Labute approximate surface area is 185 Å². The molecule has 3 rings (SSSR count). The number of fused-ring (bicyclic) bond motifs is 1. The zero-order valence-electron chi connectivity index (χ0n) is 18.7. The molecular weight excluding hydrogens is 392 g/mol. The van der Waals surface area contributed by atoms with E-state index in [9.17, 15) is 4.79 Å². The van der Waals surface area contributed by atoms with Crippen LogP contribution >= 0.6 is 12.2 Å². The lowest BCUT2D eigenvalue weighted by Crippen LogP contribution is -2.47. The molecule has 0 atom stereocenters. The standard InChI is InChI=1S/C24H36N4OS/c1-4-18-11-12-22-19(15-18)16-20(23(29)26-22)17-28(21-9-6-5-7-10-21)24(30)25-13-8-14-27(2)3/h11-12,15-16,21H,4-10,13-14,17H2,1-3H3,(H,25,30)(H,26,29). The van der Waals surface area contributed by atoms with Gasteiger partial charge in [0.15, 0.2) is 5.11 Å². The number of H-pyrrole nitrogens is 1. The number of nitrogens with one attached hydrogen (secondary N) is 2. The first-order valence-electron chi connectivity index (χ1n) is 11.3. The molecule has 0 amide bonds. The molecule has 0 radical (unpaired) electrons. The molecule has 164 valence electrons. The second-order valence-electron chi connectivity index (χ2n) is 8.71. The monoisotopic (exact) mass is 428 g/mol. The fourth-order valence-corrected chi connectivity index (χ4v) is 4.59. The Balaban J connectivity index is 1.80. The molecule has 1 saturated carbocycles. The number of hydrogen-bond acceptors (Lipinski definition) is 3. The maximum absolute atomic E-state index is 12.8.